The third-order valence-electron chi connectivity index (χ3n) is 9.01. The van der Waals surface area contributed by atoms with Crippen molar-refractivity contribution in [2.24, 2.45) is 5.92 Å². The number of carbonyl (C=O) groups excluding carboxylic acids is 2. The predicted octanol–water partition coefficient (Wildman–Crippen LogP) is 3.27. The maximum absolute atomic E-state index is 13.8. The molecule has 1 N–H and O–H groups in total. The lowest BCUT2D eigenvalue weighted by molar-refractivity contribution is -0.144. The van der Waals surface area contributed by atoms with Crippen LogP contribution in [0.15, 0.2) is 12.1 Å². The van der Waals surface area contributed by atoms with E-state index in [1.807, 2.05) is 21.9 Å². The first kappa shape index (κ1) is 32.9. The molecule has 4 rings (SSSR count). The molecule has 3 aliphatic heterocycles. The Bertz CT molecular complexity index is 1110. The van der Waals surface area contributed by atoms with E-state index in [1.54, 1.807) is 7.11 Å². The number of carboxylic acid groups (broad SMARTS) is 1. The molecule has 3 heterocycles. The number of likely N-dealkylation sites (tertiary alicyclic amines) is 2. The molecular formula is C32H50N4O7. The Kier molecular flexibility index (Phi) is 11.9. The molecule has 240 valence electrons. The highest BCUT2D eigenvalue weighted by atomic mass is 16.7. The first-order valence-electron chi connectivity index (χ1n) is 15.9. The number of amides is 2. The first-order chi connectivity index (χ1) is 20.7. The van der Waals surface area contributed by atoms with E-state index in [2.05, 4.69) is 30.8 Å². The predicted molar refractivity (Wildman–Crippen MR) is 163 cm³/mol. The second kappa shape index (κ2) is 15.6. The van der Waals surface area contributed by atoms with E-state index in [9.17, 15) is 19.5 Å². The number of fused-ring (bicyclic) bond motifs is 1. The van der Waals surface area contributed by atoms with Gasteiger partial charge in [0.1, 0.15) is 0 Å². The molecule has 11 heteroatoms. The number of carbonyl (C=O) groups is 3. The van der Waals surface area contributed by atoms with E-state index in [0.717, 1.165) is 50.6 Å². The van der Waals surface area contributed by atoms with Crippen molar-refractivity contribution in [1.82, 2.24) is 19.6 Å². The average molecular weight is 603 g/mol. The Labute approximate surface area is 256 Å². The number of rotatable bonds is 16. The lowest BCUT2D eigenvalue weighted by Gasteiger charge is -2.32. The highest BCUT2D eigenvalue weighted by Crippen LogP contribution is 2.47. The van der Waals surface area contributed by atoms with Crippen LogP contribution in [0, 0.1) is 5.92 Å². The molecule has 2 saturated heterocycles. The van der Waals surface area contributed by atoms with E-state index in [4.69, 9.17) is 14.2 Å². The van der Waals surface area contributed by atoms with E-state index >= 15 is 0 Å². The highest BCUT2D eigenvalue weighted by molar-refractivity contribution is 5.79. The topological polar surface area (TPSA) is 112 Å². The van der Waals surface area contributed by atoms with Crippen molar-refractivity contribution in [3.05, 3.63) is 17.7 Å². The van der Waals surface area contributed by atoms with Crippen molar-refractivity contribution in [1.29, 1.82) is 0 Å². The number of carboxylic acids is 1. The maximum Gasteiger partial charge on any atom is 0.308 e. The van der Waals surface area contributed by atoms with E-state index in [0.29, 0.717) is 62.8 Å². The van der Waals surface area contributed by atoms with Gasteiger partial charge in [-0.05, 0) is 76.9 Å². The van der Waals surface area contributed by atoms with Crippen LogP contribution in [0.1, 0.15) is 69.8 Å². The van der Waals surface area contributed by atoms with Gasteiger partial charge in [-0.2, -0.15) is 0 Å². The summed E-state index contributed by atoms with van der Waals surface area (Å²) in [4.78, 5) is 47.4. The van der Waals surface area contributed by atoms with E-state index < -0.39 is 17.9 Å². The fourth-order valence-electron chi connectivity index (χ4n) is 6.66. The maximum atomic E-state index is 13.8. The van der Waals surface area contributed by atoms with Crippen LogP contribution in [0.2, 0.25) is 0 Å². The summed E-state index contributed by atoms with van der Waals surface area (Å²) in [7, 11) is 5.66. The van der Waals surface area contributed by atoms with Gasteiger partial charge < -0.3 is 34.0 Å². The second-order valence-corrected chi connectivity index (χ2v) is 12.3. The number of aliphatic carboxylic acids is 1. The molecule has 0 bridgehead atoms. The van der Waals surface area contributed by atoms with Crippen LogP contribution < -0.4 is 14.2 Å². The lowest BCUT2D eigenvalue weighted by Crippen LogP contribution is -2.46. The zero-order valence-corrected chi connectivity index (χ0v) is 26.4. The second-order valence-electron chi connectivity index (χ2n) is 12.3. The van der Waals surface area contributed by atoms with Crippen molar-refractivity contribution in [2.45, 2.75) is 70.3 Å². The molecule has 0 saturated carbocycles. The minimum absolute atomic E-state index is 0.0328. The molecule has 1 aromatic carbocycles. The molecule has 3 atom stereocenters. The van der Waals surface area contributed by atoms with Crippen LogP contribution in [0.25, 0.3) is 0 Å². The molecule has 43 heavy (non-hydrogen) atoms. The summed E-state index contributed by atoms with van der Waals surface area (Å²) in [5, 5.41) is 10.6. The summed E-state index contributed by atoms with van der Waals surface area (Å²) >= 11 is 0. The smallest absolute Gasteiger partial charge is 0.308 e. The molecule has 3 aliphatic rings. The molecule has 2 amide bonds. The molecule has 0 spiro atoms. The van der Waals surface area contributed by atoms with Crippen LogP contribution >= 0.6 is 0 Å². The number of ether oxygens (including phenoxy) is 3. The highest BCUT2D eigenvalue weighted by Gasteiger charge is 2.48. The Morgan fingerprint density at radius 2 is 1.86 bits per heavy atom. The SMILES string of the molecule is CCCCN(CCCCN(C)C)C(=O)CN1CC(c2cc(OC)c3c(c2)OCO3)C(C(=O)O)C1CCN1CCCCC1=O. The summed E-state index contributed by atoms with van der Waals surface area (Å²) in [5.74, 6) is -0.344. The Morgan fingerprint density at radius 1 is 1.09 bits per heavy atom. The van der Waals surface area contributed by atoms with Gasteiger partial charge in [0.25, 0.3) is 0 Å². The monoisotopic (exact) mass is 602 g/mol. The number of piperidine rings is 1. The third-order valence-corrected chi connectivity index (χ3v) is 9.01. The number of hydrogen-bond donors (Lipinski definition) is 1. The summed E-state index contributed by atoms with van der Waals surface area (Å²) in [6.07, 6.45) is 6.74. The van der Waals surface area contributed by atoms with Crippen LogP contribution in [-0.2, 0) is 14.4 Å². The van der Waals surface area contributed by atoms with Crippen molar-refractivity contribution < 1.29 is 33.7 Å². The lowest BCUT2D eigenvalue weighted by atomic mass is 9.84. The standard InChI is InChI=1S/C32H50N4O7/c1-5-6-14-34(16-10-9-13-33(2)3)29(38)21-36-20-24(23-18-26(41-4)31-27(19-23)42-22-43-31)30(32(39)40)25(36)12-17-35-15-8-7-11-28(35)37/h18-19,24-25,30H,5-17,20-22H2,1-4H3,(H,39,40). The number of nitrogens with zero attached hydrogens (tertiary/aromatic N) is 4. The molecular weight excluding hydrogens is 552 g/mol. The molecule has 0 aliphatic carbocycles. The van der Waals surface area contributed by atoms with Crippen molar-refractivity contribution >= 4 is 17.8 Å². The van der Waals surface area contributed by atoms with Crippen LogP contribution in [-0.4, -0.2) is 122 Å². The largest absolute Gasteiger partial charge is 0.493 e. The van der Waals surface area contributed by atoms with Gasteiger partial charge in [0.05, 0.1) is 19.6 Å². The number of benzene rings is 1. The summed E-state index contributed by atoms with van der Waals surface area (Å²) < 4.78 is 16.8. The third kappa shape index (κ3) is 8.32. The van der Waals surface area contributed by atoms with Crippen molar-refractivity contribution in [2.75, 3.05) is 73.8 Å². The van der Waals surface area contributed by atoms with Crippen LogP contribution in [0.3, 0.4) is 0 Å². The molecule has 0 radical (unpaired) electrons. The summed E-state index contributed by atoms with van der Waals surface area (Å²) in [5.41, 5.74) is 0.786. The molecule has 11 nitrogen and oxygen atoms in total. The Morgan fingerprint density at radius 3 is 2.56 bits per heavy atom. The minimum Gasteiger partial charge on any atom is -0.493 e. The van der Waals surface area contributed by atoms with Gasteiger partial charge in [0.15, 0.2) is 11.5 Å². The fourth-order valence-corrected chi connectivity index (χ4v) is 6.66. The van der Waals surface area contributed by atoms with Gasteiger partial charge in [-0.25, -0.2) is 0 Å². The fraction of sp³-hybridized carbons (Fsp3) is 0.719. The molecule has 0 aromatic heterocycles. The molecule has 3 unspecified atom stereocenters. The summed E-state index contributed by atoms with van der Waals surface area (Å²) in [6, 6.07) is 3.28. The number of methoxy groups -OCH3 is 1. The zero-order chi connectivity index (χ0) is 30.9. The molecule has 2 fully saturated rings. The van der Waals surface area contributed by atoms with E-state index in [1.165, 1.54) is 0 Å². The van der Waals surface area contributed by atoms with Crippen molar-refractivity contribution in [3.8, 4) is 17.2 Å². The van der Waals surface area contributed by atoms with Crippen molar-refractivity contribution in [3.63, 3.8) is 0 Å². The summed E-state index contributed by atoms with van der Waals surface area (Å²) in [6.45, 7) is 6.31. The van der Waals surface area contributed by atoms with E-state index in [-0.39, 0.29) is 31.1 Å². The normalized spacial score (nSPS) is 21.9. The van der Waals surface area contributed by atoms with Gasteiger partial charge >= 0.3 is 5.97 Å². The zero-order valence-electron chi connectivity index (χ0n) is 26.4. The Hall–Kier alpha value is -3.05. The van der Waals surface area contributed by atoms with Crippen LogP contribution in [0.5, 0.6) is 17.2 Å². The molecule has 1 aromatic rings. The van der Waals surface area contributed by atoms with Gasteiger partial charge in [0, 0.05) is 51.1 Å². The van der Waals surface area contributed by atoms with Gasteiger partial charge in [-0.1, -0.05) is 13.3 Å². The number of unbranched alkanes of at least 4 members (excludes halogenated alkanes) is 2. The van der Waals surface area contributed by atoms with Gasteiger partial charge in [-0.3, -0.25) is 19.3 Å². The minimum atomic E-state index is -0.905. The first-order valence-corrected chi connectivity index (χ1v) is 15.9. The Balaban J connectivity index is 1.58. The quantitative estimate of drug-likeness (QED) is 0.285. The number of hydrogen-bond acceptors (Lipinski definition) is 8. The van der Waals surface area contributed by atoms with Crippen LogP contribution in [0.4, 0.5) is 0 Å². The van der Waals surface area contributed by atoms with Gasteiger partial charge in [0.2, 0.25) is 24.4 Å². The van der Waals surface area contributed by atoms with Gasteiger partial charge in [-0.15, -0.1) is 0 Å². The average Bonchev–Trinajstić information content (AvgIpc) is 3.60.